The fourth-order valence-electron chi connectivity index (χ4n) is 0.814. The highest BCUT2D eigenvalue weighted by Crippen LogP contribution is 2.15. The van der Waals surface area contributed by atoms with Gasteiger partial charge in [0.25, 0.3) is 0 Å². The third-order valence-corrected chi connectivity index (χ3v) is 1.35. The van der Waals surface area contributed by atoms with E-state index in [2.05, 4.69) is 25.5 Å². The molecule has 7 heavy (non-hydrogen) atoms. The molecule has 0 saturated carbocycles. The Hall–Kier alpha value is -0.260. The maximum Gasteiger partial charge on any atom is -0.0168 e. The van der Waals surface area contributed by atoms with E-state index in [1.54, 1.807) is 0 Å². The van der Waals surface area contributed by atoms with Crippen molar-refractivity contribution < 1.29 is 0 Å². The summed E-state index contributed by atoms with van der Waals surface area (Å²) in [4.78, 5) is 0. The first kappa shape index (κ1) is 4.89. The van der Waals surface area contributed by atoms with E-state index in [0.29, 0.717) is 0 Å². The third kappa shape index (κ3) is 1.34. The second kappa shape index (κ2) is 2.15. The molecular formula is C7H11. The molecule has 1 radical (unpaired) electrons. The van der Waals surface area contributed by atoms with Crippen molar-refractivity contribution in [2.45, 2.75) is 19.8 Å². The van der Waals surface area contributed by atoms with E-state index in [1.807, 2.05) is 0 Å². The van der Waals surface area contributed by atoms with E-state index in [0.717, 1.165) is 5.92 Å². The first-order valence-electron chi connectivity index (χ1n) is 2.88. The highest BCUT2D eigenvalue weighted by atomic mass is 14.1. The molecule has 0 aromatic rings. The molecule has 39 valence electrons. The normalized spacial score (nSPS) is 30.7. The quantitative estimate of drug-likeness (QED) is 0.432. The van der Waals surface area contributed by atoms with Crippen LogP contribution in [-0.4, -0.2) is 0 Å². The second-order valence-corrected chi connectivity index (χ2v) is 2.24. The molecule has 0 spiro atoms. The van der Waals surface area contributed by atoms with Crippen molar-refractivity contribution in [3.8, 4) is 0 Å². The van der Waals surface area contributed by atoms with Crippen molar-refractivity contribution in [2.75, 3.05) is 0 Å². The number of allylic oxidation sites excluding steroid dienone is 2. The SMILES string of the molecule is CC1C[CH]C=CC1. The Bertz CT molecular complexity index is 72.1. The smallest absolute Gasteiger partial charge is 0.0168 e. The highest BCUT2D eigenvalue weighted by Gasteiger charge is 2.00. The first-order valence-corrected chi connectivity index (χ1v) is 2.88. The minimum absolute atomic E-state index is 0.894. The minimum Gasteiger partial charge on any atom is -0.0880 e. The molecule has 0 fully saturated rings. The van der Waals surface area contributed by atoms with Crippen molar-refractivity contribution in [3.05, 3.63) is 18.6 Å². The average Bonchev–Trinajstić information content (AvgIpc) is 1.69. The Morgan fingerprint density at radius 3 is 2.57 bits per heavy atom. The summed E-state index contributed by atoms with van der Waals surface area (Å²) in [5.41, 5.74) is 0. The first-order chi connectivity index (χ1) is 3.39. The van der Waals surface area contributed by atoms with Gasteiger partial charge in [-0.15, -0.1) is 0 Å². The minimum atomic E-state index is 0.894. The summed E-state index contributed by atoms with van der Waals surface area (Å²) in [5.74, 6) is 0.894. The molecule has 0 N–H and O–H groups in total. The van der Waals surface area contributed by atoms with Crippen LogP contribution < -0.4 is 0 Å². The molecule has 0 aliphatic heterocycles. The van der Waals surface area contributed by atoms with Crippen LogP contribution in [0, 0.1) is 12.3 Å². The third-order valence-electron chi connectivity index (χ3n) is 1.35. The molecule has 1 atom stereocenters. The Balaban J connectivity index is 2.32. The largest absolute Gasteiger partial charge is 0.0880 e. The monoisotopic (exact) mass is 95.1 g/mol. The van der Waals surface area contributed by atoms with Crippen LogP contribution in [0.3, 0.4) is 0 Å². The van der Waals surface area contributed by atoms with Gasteiger partial charge in [-0.3, -0.25) is 0 Å². The average molecular weight is 95.2 g/mol. The van der Waals surface area contributed by atoms with Gasteiger partial charge in [0.2, 0.25) is 0 Å². The predicted octanol–water partition coefficient (Wildman–Crippen LogP) is 2.18. The van der Waals surface area contributed by atoms with Crippen LogP contribution in [0.2, 0.25) is 0 Å². The fourth-order valence-corrected chi connectivity index (χ4v) is 0.814. The summed E-state index contributed by atoms with van der Waals surface area (Å²) < 4.78 is 0. The van der Waals surface area contributed by atoms with Crippen LogP contribution in [0.5, 0.6) is 0 Å². The maximum absolute atomic E-state index is 2.28. The van der Waals surface area contributed by atoms with Gasteiger partial charge in [-0.05, 0) is 25.2 Å². The predicted molar refractivity (Wildman–Crippen MR) is 31.8 cm³/mol. The highest BCUT2D eigenvalue weighted by molar-refractivity contribution is 5.00. The molecule has 1 unspecified atom stereocenters. The lowest BCUT2D eigenvalue weighted by atomic mass is 9.97. The molecule has 0 nitrogen and oxygen atoms in total. The summed E-state index contributed by atoms with van der Waals surface area (Å²) in [6, 6.07) is 0. The van der Waals surface area contributed by atoms with Crippen molar-refractivity contribution in [1.29, 1.82) is 0 Å². The molecular weight excluding hydrogens is 84.1 g/mol. The fraction of sp³-hybridized carbons (Fsp3) is 0.571. The van der Waals surface area contributed by atoms with E-state index in [-0.39, 0.29) is 0 Å². The maximum atomic E-state index is 2.28. The van der Waals surface area contributed by atoms with Gasteiger partial charge in [0, 0.05) is 0 Å². The van der Waals surface area contributed by atoms with Crippen molar-refractivity contribution in [2.24, 2.45) is 5.92 Å². The summed E-state index contributed by atoms with van der Waals surface area (Å²) in [6.07, 6.45) is 9.16. The van der Waals surface area contributed by atoms with Crippen molar-refractivity contribution >= 4 is 0 Å². The van der Waals surface area contributed by atoms with Gasteiger partial charge in [-0.2, -0.15) is 0 Å². The molecule has 1 rings (SSSR count). The number of hydrogen-bond acceptors (Lipinski definition) is 0. The van der Waals surface area contributed by atoms with Gasteiger partial charge in [0.1, 0.15) is 0 Å². The molecule has 0 bridgehead atoms. The molecule has 0 aromatic carbocycles. The van der Waals surface area contributed by atoms with Gasteiger partial charge in [-0.1, -0.05) is 19.1 Å². The van der Waals surface area contributed by atoms with Crippen LogP contribution in [-0.2, 0) is 0 Å². The Kier molecular flexibility index (Phi) is 1.50. The lowest BCUT2D eigenvalue weighted by molar-refractivity contribution is 0.575. The van der Waals surface area contributed by atoms with Crippen molar-refractivity contribution in [3.63, 3.8) is 0 Å². The van der Waals surface area contributed by atoms with Gasteiger partial charge in [0.15, 0.2) is 0 Å². The summed E-state index contributed by atoms with van der Waals surface area (Å²) in [6.45, 7) is 2.28. The second-order valence-electron chi connectivity index (χ2n) is 2.24. The zero-order valence-corrected chi connectivity index (χ0v) is 4.72. The van der Waals surface area contributed by atoms with Crippen LogP contribution in [0.1, 0.15) is 19.8 Å². The number of rotatable bonds is 0. The zero-order valence-electron chi connectivity index (χ0n) is 4.72. The van der Waals surface area contributed by atoms with E-state index < -0.39 is 0 Å². The lowest BCUT2D eigenvalue weighted by Crippen LogP contribution is -1.95. The molecule has 0 amide bonds. The van der Waals surface area contributed by atoms with Crippen LogP contribution in [0.15, 0.2) is 12.2 Å². The molecule has 0 saturated heterocycles. The topological polar surface area (TPSA) is 0 Å². The van der Waals surface area contributed by atoms with Gasteiger partial charge in [-0.25, -0.2) is 0 Å². The van der Waals surface area contributed by atoms with Gasteiger partial charge < -0.3 is 0 Å². The van der Waals surface area contributed by atoms with Crippen LogP contribution >= 0.6 is 0 Å². The van der Waals surface area contributed by atoms with Crippen molar-refractivity contribution in [1.82, 2.24) is 0 Å². The van der Waals surface area contributed by atoms with Crippen LogP contribution in [0.4, 0.5) is 0 Å². The lowest BCUT2D eigenvalue weighted by Gasteiger charge is -2.09. The zero-order chi connectivity index (χ0) is 5.11. The van der Waals surface area contributed by atoms with E-state index in [9.17, 15) is 0 Å². The standard InChI is InChI=1S/C7H11/c1-7-5-3-2-4-6-7/h2-4,7H,5-6H2,1H3. The molecule has 0 heteroatoms. The molecule has 1 aliphatic carbocycles. The Labute approximate surface area is 45.2 Å². The van der Waals surface area contributed by atoms with E-state index in [4.69, 9.17) is 0 Å². The number of hydrogen-bond donors (Lipinski definition) is 0. The van der Waals surface area contributed by atoms with E-state index >= 15 is 0 Å². The summed E-state index contributed by atoms with van der Waals surface area (Å²) in [7, 11) is 0. The van der Waals surface area contributed by atoms with E-state index in [1.165, 1.54) is 12.8 Å². The molecule has 0 aromatic heterocycles. The van der Waals surface area contributed by atoms with Gasteiger partial charge in [0.05, 0.1) is 0 Å². The molecule has 1 aliphatic rings. The van der Waals surface area contributed by atoms with Gasteiger partial charge >= 0.3 is 0 Å². The van der Waals surface area contributed by atoms with Crippen LogP contribution in [0.25, 0.3) is 0 Å². The molecule has 0 heterocycles. The summed E-state index contributed by atoms with van der Waals surface area (Å²) in [5, 5.41) is 0. The Morgan fingerprint density at radius 1 is 1.43 bits per heavy atom. The summed E-state index contributed by atoms with van der Waals surface area (Å²) >= 11 is 0. The Morgan fingerprint density at radius 2 is 2.29 bits per heavy atom.